The van der Waals surface area contributed by atoms with Crippen molar-refractivity contribution in [3.63, 3.8) is 0 Å². The lowest BCUT2D eigenvalue weighted by atomic mass is 9.86. The Balaban J connectivity index is 2.19. The Morgan fingerprint density at radius 2 is 2.38 bits per heavy atom. The third kappa shape index (κ3) is 1.54. The maximum Gasteiger partial charge on any atom is 0.141 e. The zero-order valence-electron chi connectivity index (χ0n) is 9.16. The Kier molecular flexibility index (Phi) is 2.60. The molecule has 0 radical (unpaired) electrons. The molecule has 0 saturated heterocycles. The Hall–Kier alpha value is -0.670. The van der Waals surface area contributed by atoms with Crippen LogP contribution in [0.2, 0.25) is 5.15 Å². The van der Waals surface area contributed by atoms with E-state index in [1.807, 2.05) is 0 Å². The fraction of sp³-hybridized carbons (Fsp3) is 0.500. The van der Waals surface area contributed by atoms with Crippen molar-refractivity contribution in [2.45, 2.75) is 32.6 Å². The average molecular weight is 253 g/mol. The van der Waals surface area contributed by atoms with E-state index in [9.17, 15) is 0 Å². The maximum absolute atomic E-state index is 6.18. The van der Waals surface area contributed by atoms with Gasteiger partial charge in [-0.15, -0.1) is 11.3 Å². The molecule has 3 rings (SSSR count). The lowest BCUT2D eigenvalue weighted by molar-refractivity contribution is 0.450. The van der Waals surface area contributed by atoms with Crippen molar-refractivity contribution in [1.29, 1.82) is 0 Å². The van der Waals surface area contributed by atoms with Crippen LogP contribution in [-0.2, 0) is 12.8 Å². The van der Waals surface area contributed by atoms with Crippen LogP contribution in [0.1, 0.15) is 30.2 Å². The molecule has 2 aromatic rings. The van der Waals surface area contributed by atoms with Gasteiger partial charge in [0, 0.05) is 4.88 Å². The number of fused-ring (bicyclic) bond motifs is 3. The van der Waals surface area contributed by atoms with Gasteiger partial charge in [0.05, 0.1) is 5.39 Å². The van der Waals surface area contributed by atoms with E-state index in [1.165, 1.54) is 29.7 Å². The highest BCUT2D eigenvalue weighted by Crippen LogP contribution is 2.39. The summed E-state index contributed by atoms with van der Waals surface area (Å²) in [5.41, 5.74) is 1.42. The quantitative estimate of drug-likeness (QED) is 0.721. The molecule has 0 aromatic carbocycles. The first-order valence-corrected chi connectivity index (χ1v) is 6.89. The number of aryl methyl sites for hydroxylation is 1. The number of hydrogen-bond acceptors (Lipinski definition) is 3. The number of nitrogens with zero attached hydrogens (tertiary/aromatic N) is 2. The second kappa shape index (κ2) is 3.97. The minimum Gasteiger partial charge on any atom is -0.225 e. The Morgan fingerprint density at radius 3 is 3.19 bits per heavy atom. The first-order valence-electron chi connectivity index (χ1n) is 5.70. The van der Waals surface area contributed by atoms with Gasteiger partial charge in [-0.25, -0.2) is 9.97 Å². The van der Waals surface area contributed by atoms with Crippen LogP contribution in [0.5, 0.6) is 0 Å². The average Bonchev–Trinajstić information content (AvgIpc) is 2.67. The normalized spacial score (nSPS) is 20.0. The summed E-state index contributed by atoms with van der Waals surface area (Å²) in [7, 11) is 0. The van der Waals surface area contributed by atoms with E-state index >= 15 is 0 Å². The summed E-state index contributed by atoms with van der Waals surface area (Å²) in [6, 6.07) is 0. The zero-order chi connectivity index (χ0) is 11.1. The van der Waals surface area contributed by atoms with E-state index < -0.39 is 0 Å². The summed E-state index contributed by atoms with van der Waals surface area (Å²) in [4.78, 5) is 11.0. The number of hydrogen-bond donors (Lipinski definition) is 0. The van der Waals surface area contributed by atoms with Gasteiger partial charge in [-0.2, -0.15) is 0 Å². The smallest absolute Gasteiger partial charge is 0.141 e. The van der Waals surface area contributed by atoms with Crippen molar-refractivity contribution >= 4 is 33.2 Å². The van der Waals surface area contributed by atoms with Gasteiger partial charge in [0.25, 0.3) is 0 Å². The molecule has 2 heterocycles. The molecule has 2 nitrogen and oxygen atoms in total. The van der Waals surface area contributed by atoms with Gasteiger partial charge in [0.2, 0.25) is 0 Å². The molecule has 0 spiro atoms. The summed E-state index contributed by atoms with van der Waals surface area (Å²) >= 11 is 7.97. The monoisotopic (exact) mass is 252 g/mol. The molecule has 1 aliphatic rings. The molecule has 0 aliphatic heterocycles. The third-order valence-corrected chi connectivity index (χ3v) is 4.96. The number of aromatic nitrogens is 2. The van der Waals surface area contributed by atoms with E-state index in [-0.39, 0.29) is 0 Å². The van der Waals surface area contributed by atoms with Gasteiger partial charge in [-0.1, -0.05) is 24.9 Å². The Morgan fingerprint density at radius 1 is 1.50 bits per heavy atom. The van der Waals surface area contributed by atoms with Gasteiger partial charge >= 0.3 is 0 Å². The van der Waals surface area contributed by atoms with E-state index in [1.54, 1.807) is 17.7 Å². The molecule has 84 valence electrons. The van der Waals surface area contributed by atoms with Crippen molar-refractivity contribution in [2.75, 3.05) is 0 Å². The van der Waals surface area contributed by atoms with Crippen molar-refractivity contribution < 1.29 is 0 Å². The minimum atomic E-state index is 0.624. The minimum absolute atomic E-state index is 0.624. The predicted molar refractivity (Wildman–Crippen MR) is 68.2 cm³/mol. The Labute approximate surface area is 104 Å². The van der Waals surface area contributed by atoms with Gasteiger partial charge in [0.1, 0.15) is 16.3 Å². The summed E-state index contributed by atoms with van der Waals surface area (Å²) in [5, 5.41) is 1.74. The number of thiophene rings is 1. The van der Waals surface area contributed by atoms with Gasteiger partial charge in [-0.05, 0) is 30.7 Å². The van der Waals surface area contributed by atoms with Crippen LogP contribution in [0, 0.1) is 5.92 Å². The lowest BCUT2D eigenvalue weighted by Crippen LogP contribution is -2.11. The SMILES string of the molecule is CC[C@H]1CCc2sc3ncnc(Cl)c3c2C1. The molecule has 0 bridgehead atoms. The number of rotatable bonds is 1. The van der Waals surface area contributed by atoms with E-state index in [2.05, 4.69) is 16.9 Å². The topological polar surface area (TPSA) is 25.8 Å². The van der Waals surface area contributed by atoms with Crippen LogP contribution < -0.4 is 0 Å². The van der Waals surface area contributed by atoms with Crippen molar-refractivity contribution in [1.82, 2.24) is 9.97 Å². The fourth-order valence-corrected chi connectivity index (χ4v) is 3.98. The molecule has 16 heavy (non-hydrogen) atoms. The van der Waals surface area contributed by atoms with Gasteiger partial charge < -0.3 is 0 Å². The number of halogens is 1. The highest BCUT2D eigenvalue weighted by atomic mass is 35.5. The van der Waals surface area contributed by atoms with Crippen LogP contribution in [0.25, 0.3) is 10.2 Å². The van der Waals surface area contributed by atoms with Crippen molar-refractivity contribution in [2.24, 2.45) is 5.92 Å². The molecule has 0 amide bonds. The molecular weight excluding hydrogens is 240 g/mol. The second-order valence-corrected chi connectivity index (χ2v) is 5.81. The van der Waals surface area contributed by atoms with Crippen molar-refractivity contribution in [3.8, 4) is 0 Å². The third-order valence-electron chi connectivity index (χ3n) is 3.47. The molecule has 4 heteroatoms. The molecule has 0 N–H and O–H groups in total. The van der Waals surface area contributed by atoms with E-state index in [0.29, 0.717) is 5.15 Å². The van der Waals surface area contributed by atoms with Gasteiger partial charge in [0.15, 0.2) is 0 Å². The highest BCUT2D eigenvalue weighted by molar-refractivity contribution is 7.19. The van der Waals surface area contributed by atoms with Crippen LogP contribution >= 0.6 is 22.9 Å². The zero-order valence-corrected chi connectivity index (χ0v) is 10.7. The lowest BCUT2D eigenvalue weighted by Gasteiger charge is -2.20. The molecule has 1 aliphatic carbocycles. The molecule has 0 unspecified atom stereocenters. The summed E-state index contributed by atoms with van der Waals surface area (Å²) in [5.74, 6) is 0.807. The second-order valence-electron chi connectivity index (χ2n) is 4.37. The maximum atomic E-state index is 6.18. The van der Waals surface area contributed by atoms with Gasteiger partial charge in [-0.3, -0.25) is 0 Å². The van der Waals surface area contributed by atoms with Crippen LogP contribution in [-0.4, -0.2) is 9.97 Å². The fourth-order valence-electron chi connectivity index (χ4n) is 2.49. The van der Waals surface area contributed by atoms with E-state index in [0.717, 1.165) is 22.6 Å². The van der Waals surface area contributed by atoms with Crippen LogP contribution in [0.4, 0.5) is 0 Å². The Bertz CT molecular complexity index is 535. The molecule has 1 atom stereocenters. The first kappa shape index (κ1) is 10.5. The highest BCUT2D eigenvalue weighted by Gasteiger charge is 2.23. The molecule has 0 fully saturated rings. The molecule has 2 aromatic heterocycles. The van der Waals surface area contributed by atoms with Crippen LogP contribution in [0.15, 0.2) is 6.33 Å². The standard InChI is InChI=1S/C12H13ClN2S/c1-2-7-3-4-9-8(5-7)10-11(13)14-6-15-12(10)16-9/h6-7H,2-5H2,1H3/t7-/m0/s1. The summed E-state index contributed by atoms with van der Waals surface area (Å²) in [6.45, 7) is 2.27. The molecular formula is C12H13ClN2S. The summed E-state index contributed by atoms with van der Waals surface area (Å²) < 4.78 is 0. The predicted octanol–water partition coefficient (Wildman–Crippen LogP) is 3.86. The molecule has 0 saturated carbocycles. The van der Waals surface area contributed by atoms with Crippen molar-refractivity contribution in [3.05, 3.63) is 21.9 Å². The summed E-state index contributed by atoms with van der Waals surface area (Å²) in [6.07, 6.45) is 6.46. The first-order chi connectivity index (χ1) is 7.79. The van der Waals surface area contributed by atoms with Crippen LogP contribution in [0.3, 0.4) is 0 Å². The van der Waals surface area contributed by atoms with E-state index in [4.69, 9.17) is 11.6 Å². The largest absolute Gasteiger partial charge is 0.225 e.